The number of hydrogen-bond donors (Lipinski definition) is 1. The molecule has 0 aliphatic carbocycles. The molecule has 1 aromatic heterocycles. The Morgan fingerprint density at radius 1 is 1.35 bits per heavy atom. The maximum Gasteiger partial charge on any atom is 0.236 e. The Balaban J connectivity index is 1.77. The highest BCUT2D eigenvalue weighted by molar-refractivity contribution is 5.78. The van der Waals surface area contributed by atoms with Crippen LogP contribution in [0.2, 0.25) is 0 Å². The molecule has 3 rings (SSSR count). The number of likely N-dealkylation sites (tertiary alicyclic amines) is 1. The lowest BCUT2D eigenvalue weighted by molar-refractivity contribution is -0.128. The van der Waals surface area contributed by atoms with Crippen molar-refractivity contribution in [2.45, 2.75) is 19.3 Å². The third kappa shape index (κ3) is 3.65. The van der Waals surface area contributed by atoms with Crippen LogP contribution in [-0.2, 0) is 4.79 Å². The van der Waals surface area contributed by atoms with Crippen molar-refractivity contribution >= 4 is 5.91 Å². The van der Waals surface area contributed by atoms with E-state index in [1.807, 2.05) is 43.3 Å². The zero-order valence-corrected chi connectivity index (χ0v) is 13.1. The van der Waals surface area contributed by atoms with Crippen LogP contribution < -0.4 is 10.5 Å². The van der Waals surface area contributed by atoms with Gasteiger partial charge in [-0.25, -0.2) is 4.98 Å². The van der Waals surface area contributed by atoms with E-state index in [1.165, 1.54) is 0 Å². The molecule has 1 atom stereocenters. The minimum atomic E-state index is -0.0269. The molecular weight excluding hydrogens is 292 g/mol. The summed E-state index contributed by atoms with van der Waals surface area (Å²) in [6.45, 7) is 3.28. The molecule has 120 valence electrons. The number of amides is 1. The predicted molar refractivity (Wildman–Crippen MR) is 86.3 cm³/mol. The maximum atomic E-state index is 11.7. The van der Waals surface area contributed by atoms with Gasteiger partial charge in [-0.2, -0.15) is 4.98 Å². The van der Waals surface area contributed by atoms with Crippen LogP contribution in [-0.4, -0.2) is 40.4 Å². The summed E-state index contributed by atoms with van der Waals surface area (Å²) in [6.07, 6.45) is 0.847. The Morgan fingerprint density at radius 3 is 2.87 bits per heavy atom. The first-order valence-corrected chi connectivity index (χ1v) is 7.72. The molecule has 0 unspecified atom stereocenters. The first-order valence-electron chi connectivity index (χ1n) is 7.72. The summed E-state index contributed by atoms with van der Waals surface area (Å²) >= 11 is 0. The highest BCUT2D eigenvalue weighted by atomic mass is 16.5. The van der Waals surface area contributed by atoms with Gasteiger partial charge in [-0.3, -0.25) is 4.79 Å². The van der Waals surface area contributed by atoms with Gasteiger partial charge in [0.15, 0.2) is 0 Å². The number of ether oxygens (including phenoxy) is 1. The molecule has 0 spiro atoms. The summed E-state index contributed by atoms with van der Waals surface area (Å²) in [7, 11) is 0. The lowest BCUT2D eigenvalue weighted by Gasteiger charge is -2.15. The second kappa shape index (κ2) is 6.75. The zero-order valence-electron chi connectivity index (χ0n) is 13.1. The van der Waals surface area contributed by atoms with E-state index in [0.717, 1.165) is 23.7 Å². The van der Waals surface area contributed by atoms with E-state index in [1.54, 1.807) is 4.90 Å². The third-order valence-corrected chi connectivity index (χ3v) is 3.89. The molecule has 1 aliphatic heterocycles. The molecule has 1 amide bonds. The number of nitrogens with two attached hydrogens (primary N) is 1. The summed E-state index contributed by atoms with van der Waals surface area (Å²) in [6, 6.07) is 11.3. The first-order chi connectivity index (χ1) is 11.2. The highest BCUT2D eigenvalue weighted by Crippen LogP contribution is 2.27. The van der Waals surface area contributed by atoms with Crippen LogP contribution >= 0.6 is 0 Å². The number of rotatable bonds is 4. The molecule has 1 aromatic carbocycles. The lowest BCUT2D eigenvalue weighted by atomic mass is 10.1. The van der Waals surface area contributed by atoms with Gasteiger partial charge in [0.1, 0.15) is 11.6 Å². The summed E-state index contributed by atoms with van der Waals surface area (Å²) in [5, 5.41) is 0. The number of carbonyl (C=O) groups is 1. The largest absolute Gasteiger partial charge is 0.439 e. The van der Waals surface area contributed by atoms with Crippen molar-refractivity contribution in [3.05, 3.63) is 47.9 Å². The van der Waals surface area contributed by atoms with E-state index in [4.69, 9.17) is 10.5 Å². The zero-order chi connectivity index (χ0) is 16.2. The molecule has 0 saturated carbocycles. The quantitative estimate of drug-likeness (QED) is 0.932. The molecule has 1 fully saturated rings. The third-order valence-electron chi connectivity index (χ3n) is 3.89. The van der Waals surface area contributed by atoms with Gasteiger partial charge < -0.3 is 15.4 Å². The van der Waals surface area contributed by atoms with E-state index in [9.17, 15) is 4.79 Å². The molecule has 2 heterocycles. The number of carbonyl (C=O) groups excluding carboxylic acids is 1. The van der Waals surface area contributed by atoms with Gasteiger partial charge in [-0.15, -0.1) is 0 Å². The molecule has 6 heteroatoms. The monoisotopic (exact) mass is 312 g/mol. The second-order valence-corrected chi connectivity index (χ2v) is 5.65. The Bertz CT molecular complexity index is 690. The topological polar surface area (TPSA) is 81.3 Å². The van der Waals surface area contributed by atoms with Crippen molar-refractivity contribution in [3.63, 3.8) is 0 Å². The molecule has 1 saturated heterocycles. The van der Waals surface area contributed by atoms with Gasteiger partial charge in [0, 0.05) is 30.8 Å². The van der Waals surface area contributed by atoms with Gasteiger partial charge in [-0.1, -0.05) is 18.2 Å². The Labute approximate surface area is 135 Å². The summed E-state index contributed by atoms with van der Waals surface area (Å²) in [5.41, 5.74) is 6.28. The fourth-order valence-electron chi connectivity index (χ4n) is 2.73. The van der Waals surface area contributed by atoms with Crippen LogP contribution in [0.25, 0.3) is 0 Å². The number of aryl methyl sites for hydroxylation is 1. The molecule has 2 aromatic rings. The smallest absolute Gasteiger partial charge is 0.236 e. The molecular formula is C17H20N4O2. The highest BCUT2D eigenvalue weighted by Gasteiger charge is 2.29. The number of aromatic nitrogens is 2. The van der Waals surface area contributed by atoms with Crippen LogP contribution in [0, 0.1) is 6.92 Å². The Hall–Kier alpha value is -2.47. The van der Waals surface area contributed by atoms with E-state index in [-0.39, 0.29) is 18.4 Å². The molecule has 1 aliphatic rings. The SMILES string of the molecule is Cc1cc(Oc2ccccc2)nc([C@@H]2CCN(C(=O)CN)C2)n1. The van der Waals surface area contributed by atoms with Gasteiger partial charge in [0.25, 0.3) is 0 Å². The minimum absolute atomic E-state index is 0.0269. The second-order valence-electron chi connectivity index (χ2n) is 5.65. The molecule has 0 bridgehead atoms. The van der Waals surface area contributed by atoms with Crippen LogP contribution in [0.1, 0.15) is 23.9 Å². The Morgan fingerprint density at radius 2 is 2.13 bits per heavy atom. The fourth-order valence-corrected chi connectivity index (χ4v) is 2.73. The minimum Gasteiger partial charge on any atom is -0.439 e. The van der Waals surface area contributed by atoms with E-state index in [2.05, 4.69) is 9.97 Å². The molecule has 0 radical (unpaired) electrons. The van der Waals surface area contributed by atoms with Gasteiger partial charge >= 0.3 is 0 Å². The fraction of sp³-hybridized carbons (Fsp3) is 0.353. The van der Waals surface area contributed by atoms with Crippen LogP contribution in [0.15, 0.2) is 36.4 Å². The van der Waals surface area contributed by atoms with Crippen molar-refractivity contribution in [2.75, 3.05) is 19.6 Å². The standard InChI is InChI=1S/C17H20N4O2/c1-12-9-15(23-14-5-3-2-4-6-14)20-17(19-12)13-7-8-21(11-13)16(22)10-18/h2-6,9,13H,7-8,10-11,18H2,1H3/t13-/m1/s1. The average Bonchev–Trinajstić information content (AvgIpc) is 3.04. The molecule has 23 heavy (non-hydrogen) atoms. The number of hydrogen-bond acceptors (Lipinski definition) is 5. The Kier molecular flexibility index (Phi) is 4.52. The van der Waals surface area contributed by atoms with E-state index in [0.29, 0.717) is 19.0 Å². The number of benzene rings is 1. The van der Waals surface area contributed by atoms with E-state index < -0.39 is 0 Å². The summed E-state index contributed by atoms with van der Waals surface area (Å²) in [4.78, 5) is 22.5. The molecule has 6 nitrogen and oxygen atoms in total. The lowest BCUT2D eigenvalue weighted by Crippen LogP contribution is -2.34. The van der Waals surface area contributed by atoms with Crippen molar-refractivity contribution in [1.29, 1.82) is 0 Å². The van der Waals surface area contributed by atoms with Crippen molar-refractivity contribution in [1.82, 2.24) is 14.9 Å². The normalized spacial score (nSPS) is 17.3. The first kappa shape index (κ1) is 15.4. The maximum absolute atomic E-state index is 11.7. The van der Waals surface area contributed by atoms with Crippen molar-refractivity contribution in [2.24, 2.45) is 5.73 Å². The van der Waals surface area contributed by atoms with Crippen molar-refractivity contribution in [3.8, 4) is 11.6 Å². The summed E-state index contributed by atoms with van der Waals surface area (Å²) < 4.78 is 5.80. The number of para-hydroxylation sites is 1. The van der Waals surface area contributed by atoms with Crippen LogP contribution in [0.5, 0.6) is 11.6 Å². The van der Waals surface area contributed by atoms with E-state index >= 15 is 0 Å². The van der Waals surface area contributed by atoms with Gasteiger partial charge in [-0.05, 0) is 25.5 Å². The number of nitrogens with zero attached hydrogens (tertiary/aromatic N) is 3. The summed E-state index contributed by atoms with van der Waals surface area (Å²) in [5.74, 6) is 2.10. The van der Waals surface area contributed by atoms with Gasteiger partial charge in [0.05, 0.1) is 6.54 Å². The predicted octanol–water partition coefficient (Wildman–Crippen LogP) is 1.85. The van der Waals surface area contributed by atoms with Crippen molar-refractivity contribution < 1.29 is 9.53 Å². The van der Waals surface area contributed by atoms with Crippen LogP contribution in [0.3, 0.4) is 0 Å². The molecule has 2 N–H and O–H groups in total. The van der Waals surface area contributed by atoms with Gasteiger partial charge in [0.2, 0.25) is 11.8 Å². The average molecular weight is 312 g/mol. The van der Waals surface area contributed by atoms with Crippen LogP contribution in [0.4, 0.5) is 0 Å².